The van der Waals surface area contributed by atoms with Gasteiger partial charge in [-0.3, -0.25) is 4.79 Å². The number of nitrogens with one attached hydrogen (secondary N) is 1. The monoisotopic (exact) mass is 382 g/mol. The van der Waals surface area contributed by atoms with Crippen molar-refractivity contribution in [1.82, 2.24) is 4.90 Å². The zero-order chi connectivity index (χ0) is 19.9. The van der Waals surface area contributed by atoms with Gasteiger partial charge in [0, 0.05) is 70.3 Å². The van der Waals surface area contributed by atoms with Gasteiger partial charge in [0.25, 0.3) is 0 Å². The highest BCUT2D eigenvalue weighted by atomic mass is 16.5. The smallest absolute Gasteiger partial charge is 0.224 e. The van der Waals surface area contributed by atoms with E-state index in [0.29, 0.717) is 13.0 Å². The molecule has 150 valence electrons. The van der Waals surface area contributed by atoms with Crippen molar-refractivity contribution in [1.29, 1.82) is 0 Å². The lowest BCUT2D eigenvalue weighted by Gasteiger charge is -2.36. The van der Waals surface area contributed by atoms with Crippen molar-refractivity contribution in [3.8, 4) is 5.75 Å². The van der Waals surface area contributed by atoms with Crippen LogP contribution in [0.3, 0.4) is 0 Å². The van der Waals surface area contributed by atoms with Crippen molar-refractivity contribution in [2.45, 2.75) is 6.42 Å². The Hall–Kier alpha value is -2.89. The second-order valence-electron chi connectivity index (χ2n) is 7.18. The zero-order valence-corrected chi connectivity index (χ0v) is 17.0. The number of ether oxygens (including phenoxy) is 1. The summed E-state index contributed by atoms with van der Waals surface area (Å²) in [5.74, 6) is 1.08. The lowest BCUT2D eigenvalue weighted by atomic mass is 10.2. The van der Waals surface area contributed by atoms with Crippen molar-refractivity contribution >= 4 is 23.0 Å². The molecule has 1 aliphatic rings. The van der Waals surface area contributed by atoms with Crippen LogP contribution in [0, 0.1) is 0 Å². The van der Waals surface area contributed by atoms with Crippen LogP contribution in [0.5, 0.6) is 5.75 Å². The number of piperazine rings is 1. The van der Waals surface area contributed by atoms with E-state index < -0.39 is 0 Å². The summed E-state index contributed by atoms with van der Waals surface area (Å²) in [6, 6.07) is 16.3. The molecule has 0 bridgehead atoms. The van der Waals surface area contributed by atoms with Gasteiger partial charge in [-0.05, 0) is 48.5 Å². The minimum absolute atomic E-state index is 0.215. The quantitative estimate of drug-likeness (QED) is 0.798. The molecule has 0 aromatic heterocycles. The van der Waals surface area contributed by atoms with Gasteiger partial charge in [-0.15, -0.1) is 0 Å². The van der Waals surface area contributed by atoms with Gasteiger partial charge in [-0.25, -0.2) is 0 Å². The van der Waals surface area contributed by atoms with Crippen molar-refractivity contribution in [3.05, 3.63) is 48.5 Å². The molecule has 0 aliphatic carbocycles. The van der Waals surface area contributed by atoms with Crippen LogP contribution in [0.15, 0.2) is 48.5 Å². The van der Waals surface area contributed by atoms with Gasteiger partial charge in [0.2, 0.25) is 5.91 Å². The van der Waals surface area contributed by atoms with Crippen LogP contribution < -0.4 is 19.9 Å². The Morgan fingerprint density at radius 2 is 1.64 bits per heavy atom. The normalized spacial score (nSPS) is 14.0. The second kappa shape index (κ2) is 9.35. The summed E-state index contributed by atoms with van der Waals surface area (Å²) < 4.78 is 5.21. The first-order valence-corrected chi connectivity index (χ1v) is 9.75. The number of hydrogen-bond acceptors (Lipinski definition) is 5. The van der Waals surface area contributed by atoms with E-state index in [9.17, 15) is 4.79 Å². The molecule has 6 nitrogen and oxygen atoms in total. The Morgan fingerprint density at radius 1 is 1.00 bits per heavy atom. The van der Waals surface area contributed by atoms with Crippen LogP contribution in [0.2, 0.25) is 0 Å². The Balaban J connectivity index is 1.41. The van der Waals surface area contributed by atoms with E-state index in [2.05, 4.69) is 39.4 Å². The molecular formula is C22H30N4O2. The molecule has 1 fully saturated rings. The molecule has 3 rings (SSSR count). The highest BCUT2D eigenvalue weighted by Gasteiger charge is 2.20. The number of amides is 1. The van der Waals surface area contributed by atoms with Crippen LogP contribution >= 0.6 is 0 Å². The van der Waals surface area contributed by atoms with Gasteiger partial charge in [0.15, 0.2) is 0 Å². The molecule has 2 aromatic rings. The van der Waals surface area contributed by atoms with Crippen molar-refractivity contribution in [3.63, 3.8) is 0 Å². The summed E-state index contributed by atoms with van der Waals surface area (Å²) in [6.07, 6.45) is 0.512. The molecule has 1 N–H and O–H groups in total. The van der Waals surface area contributed by atoms with Gasteiger partial charge in [0.1, 0.15) is 5.75 Å². The first-order chi connectivity index (χ1) is 13.6. The average molecular weight is 383 g/mol. The average Bonchev–Trinajstić information content (AvgIpc) is 2.74. The minimum Gasteiger partial charge on any atom is -0.497 e. The number of carbonyl (C=O) groups is 1. The highest BCUT2D eigenvalue weighted by molar-refractivity contribution is 5.77. The zero-order valence-electron chi connectivity index (χ0n) is 17.0. The number of methoxy groups -OCH3 is 1. The SMILES string of the molecule is COc1ccc(N2CCN(C(=O)CCNc3ccc(N(C)C)cc3)CC2)cc1. The van der Waals surface area contributed by atoms with Crippen LogP contribution in [0.25, 0.3) is 0 Å². The maximum absolute atomic E-state index is 12.5. The summed E-state index contributed by atoms with van der Waals surface area (Å²) in [5, 5.41) is 3.34. The predicted molar refractivity (Wildman–Crippen MR) is 116 cm³/mol. The molecule has 0 radical (unpaired) electrons. The second-order valence-corrected chi connectivity index (χ2v) is 7.18. The van der Waals surface area contributed by atoms with E-state index in [1.54, 1.807) is 7.11 Å². The molecule has 0 saturated carbocycles. The minimum atomic E-state index is 0.215. The summed E-state index contributed by atoms with van der Waals surface area (Å²) in [6.45, 7) is 3.90. The molecule has 2 aromatic carbocycles. The fourth-order valence-corrected chi connectivity index (χ4v) is 3.36. The third-order valence-electron chi connectivity index (χ3n) is 5.12. The predicted octanol–water partition coefficient (Wildman–Crippen LogP) is 2.91. The number of hydrogen-bond donors (Lipinski definition) is 1. The Bertz CT molecular complexity index is 751. The Kier molecular flexibility index (Phi) is 6.63. The van der Waals surface area contributed by atoms with Gasteiger partial charge in [-0.2, -0.15) is 0 Å². The van der Waals surface area contributed by atoms with E-state index >= 15 is 0 Å². The van der Waals surface area contributed by atoms with Crippen LogP contribution in [-0.4, -0.2) is 64.7 Å². The summed E-state index contributed by atoms with van der Waals surface area (Å²) in [5.41, 5.74) is 3.38. The summed E-state index contributed by atoms with van der Waals surface area (Å²) in [7, 11) is 5.72. The van der Waals surface area contributed by atoms with Crippen molar-refractivity contribution < 1.29 is 9.53 Å². The molecule has 0 unspecified atom stereocenters. The molecule has 6 heteroatoms. The molecule has 1 saturated heterocycles. The summed E-state index contributed by atoms with van der Waals surface area (Å²) in [4.78, 5) is 18.9. The highest BCUT2D eigenvalue weighted by Crippen LogP contribution is 2.21. The van der Waals surface area contributed by atoms with Crippen LogP contribution in [-0.2, 0) is 4.79 Å². The lowest BCUT2D eigenvalue weighted by molar-refractivity contribution is -0.131. The van der Waals surface area contributed by atoms with Crippen LogP contribution in [0.4, 0.5) is 17.1 Å². The van der Waals surface area contributed by atoms with Gasteiger partial charge < -0.3 is 24.8 Å². The topological polar surface area (TPSA) is 48.1 Å². The number of benzene rings is 2. The van der Waals surface area contributed by atoms with Gasteiger partial charge in [-0.1, -0.05) is 0 Å². The van der Waals surface area contributed by atoms with E-state index in [4.69, 9.17) is 4.74 Å². The van der Waals surface area contributed by atoms with Crippen molar-refractivity contribution in [2.24, 2.45) is 0 Å². The maximum atomic E-state index is 12.5. The van der Waals surface area contributed by atoms with Crippen LogP contribution in [0.1, 0.15) is 6.42 Å². The fraction of sp³-hybridized carbons (Fsp3) is 0.409. The van der Waals surface area contributed by atoms with E-state index in [-0.39, 0.29) is 5.91 Å². The molecule has 28 heavy (non-hydrogen) atoms. The largest absolute Gasteiger partial charge is 0.497 e. The first kappa shape index (κ1) is 19.9. The molecule has 1 heterocycles. The van der Waals surface area contributed by atoms with E-state index in [0.717, 1.165) is 43.3 Å². The first-order valence-electron chi connectivity index (χ1n) is 9.75. The molecular weight excluding hydrogens is 352 g/mol. The third kappa shape index (κ3) is 5.09. The number of rotatable bonds is 7. The molecule has 0 atom stereocenters. The number of anilines is 3. The Morgan fingerprint density at radius 3 is 2.21 bits per heavy atom. The van der Waals surface area contributed by atoms with Gasteiger partial charge in [0.05, 0.1) is 7.11 Å². The third-order valence-corrected chi connectivity index (χ3v) is 5.12. The number of carbonyl (C=O) groups excluding carboxylic acids is 1. The maximum Gasteiger partial charge on any atom is 0.224 e. The fourth-order valence-electron chi connectivity index (χ4n) is 3.36. The molecule has 1 aliphatic heterocycles. The summed E-state index contributed by atoms with van der Waals surface area (Å²) >= 11 is 0. The lowest BCUT2D eigenvalue weighted by Crippen LogP contribution is -2.49. The van der Waals surface area contributed by atoms with E-state index in [1.165, 1.54) is 5.69 Å². The standard InChI is InChI=1S/C22H30N4O2/c1-24(2)19-6-4-18(5-7-19)23-13-12-22(27)26-16-14-25(15-17-26)20-8-10-21(28-3)11-9-20/h4-11,23H,12-17H2,1-3H3. The van der Waals surface area contributed by atoms with Crippen molar-refractivity contribution in [2.75, 3.05) is 69.0 Å². The molecule has 0 spiro atoms. The Labute approximate surface area is 167 Å². The van der Waals surface area contributed by atoms with E-state index in [1.807, 2.05) is 43.3 Å². The van der Waals surface area contributed by atoms with Gasteiger partial charge >= 0.3 is 0 Å². The number of nitrogens with zero attached hydrogens (tertiary/aromatic N) is 3. The molecule has 1 amide bonds.